The number of nitrogens with one attached hydrogen (secondary N) is 1. The van der Waals surface area contributed by atoms with E-state index in [-0.39, 0.29) is 18.2 Å². The average Bonchev–Trinajstić information content (AvgIpc) is 2.79. The van der Waals surface area contributed by atoms with E-state index in [2.05, 4.69) is 44.9 Å². The molecule has 2 unspecified atom stereocenters. The number of nitrogens with zero attached hydrogens (tertiary/aromatic N) is 2. The summed E-state index contributed by atoms with van der Waals surface area (Å²) < 4.78 is 33.2. The zero-order chi connectivity index (χ0) is 21.7. The summed E-state index contributed by atoms with van der Waals surface area (Å²) in [6, 6.07) is 14.5. The number of piperidine rings is 1. The second-order valence-corrected chi connectivity index (χ2v) is 10.6. The molecular weight excluding hydrogens is 410 g/mol. The molecule has 1 saturated heterocycles. The summed E-state index contributed by atoms with van der Waals surface area (Å²) in [4.78, 5) is 6.52. The maximum absolute atomic E-state index is 12.0. The molecule has 0 bridgehead atoms. The minimum atomic E-state index is -3.29. The van der Waals surface area contributed by atoms with Crippen LogP contribution in [0.5, 0.6) is 0 Å². The second-order valence-electron chi connectivity index (χ2n) is 8.83. The van der Waals surface area contributed by atoms with Gasteiger partial charge in [-0.25, -0.2) is 13.1 Å². The van der Waals surface area contributed by atoms with Gasteiger partial charge >= 0.3 is 0 Å². The fourth-order valence-corrected chi connectivity index (χ4v) is 5.87. The van der Waals surface area contributed by atoms with Crippen LogP contribution in [-0.2, 0) is 14.8 Å². The van der Waals surface area contributed by atoms with Crippen molar-refractivity contribution in [1.82, 2.24) is 9.71 Å². The molecule has 2 aromatic rings. The third-order valence-electron chi connectivity index (χ3n) is 6.57. The molecule has 31 heavy (non-hydrogen) atoms. The summed E-state index contributed by atoms with van der Waals surface area (Å²) in [5.74, 6) is 0.613. The van der Waals surface area contributed by atoms with Crippen molar-refractivity contribution in [3.05, 3.63) is 60.4 Å². The molecular formula is C24H33N3O3S. The molecule has 4 rings (SSSR count). The molecule has 2 fully saturated rings. The number of hydrogen-bond donors (Lipinski definition) is 1. The first kappa shape index (κ1) is 22.2. The van der Waals surface area contributed by atoms with Crippen LogP contribution < -0.4 is 9.62 Å². The quantitative estimate of drug-likeness (QED) is 0.706. The van der Waals surface area contributed by atoms with Crippen molar-refractivity contribution in [1.29, 1.82) is 0 Å². The predicted molar refractivity (Wildman–Crippen MR) is 124 cm³/mol. The molecule has 0 radical (unpaired) electrons. The van der Waals surface area contributed by atoms with E-state index in [4.69, 9.17) is 4.74 Å². The van der Waals surface area contributed by atoms with Gasteiger partial charge in [0.2, 0.25) is 10.0 Å². The molecule has 7 heteroatoms. The highest BCUT2D eigenvalue weighted by Crippen LogP contribution is 2.34. The van der Waals surface area contributed by atoms with Gasteiger partial charge in [0.1, 0.15) is 0 Å². The van der Waals surface area contributed by atoms with E-state index in [0.29, 0.717) is 12.5 Å². The number of pyridine rings is 1. The highest BCUT2D eigenvalue weighted by molar-refractivity contribution is 7.88. The number of ether oxygens (including phenoxy) is 1. The van der Waals surface area contributed by atoms with Crippen molar-refractivity contribution in [2.45, 2.75) is 62.6 Å². The Labute approximate surface area is 186 Å². The Morgan fingerprint density at radius 3 is 2.52 bits per heavy atom. The van der Waals surface area contributed by atoms with E-state index < -0.39 is 10.0 Å². The zero-order valence-electron chi connectivity index (χ0n) is 18.2. The second kappa shape index (κ2) is 10.1. The van der Waals surface area contributed by atoms with Crippen LogP contribution in [0.1, 0.15) is 50.0 Å². The van der Waals surface area contributed by atoms with Crippen LogP contribution >= 0.6 is 0 Å². The van der Waals surface area contributed by atoms with E-state index in [1.165, 1.54) is 11.8 Å². The van der Waals surface area contributed by atoms with Crippen LogP contribution in [0.15, 0.2) is 54.9 Å². The first-order valence-corrected chi connectivity index (χ1v) is 13.2. The van der Waals surface area contributed by atoms with Crippen LogP contribution in [-0.4, -0.2) is 51.0 Å². The van der Waals surface area contributed by atoms with Crippen molar-refractivity contribution in [2.75, 3.05) is 24.3 Å². The Morgan fingerprint density at radius 1 is 1.06 bits per heavy atom. The maximum atomic E-state index is 12.0. The van der Waals surface area contributed by atoms with Crippen molar-refractivity contribution in [3.8, 4) is 0 Å². The van der Waals surface area contributed by atoms with Crippen LogP contribution in [0.3, 0.4) is 0 Å². The van der Waals surface area contributed by atoms with E-state index in [9.17, 15) is 8.42 Å². The van der Waals surface area contributed by atoms with Crippen molar-refractivity contribution in [3.63, 3.8) is 0 Å². The molecule has 6 nitrogen and oxygen atoms in total. The van der Waals surface area contributed by atoms with Crippen molar-refractivity contribution in [2.24, 2.45) is 0 Å². The number of rotatable bonds is 7. The summed E-state index contributed by atoms with van der Waals surface area (Å²) in [5.41, 5.74) is 2.44. The Balaban J connectivity index is 1.40. The molecule has 1 N–H and O–H groups in total. The maximum Gasteiger partial charge on any atom is 0.209 e. The van der Waals surface area contributed by atoms with Gasteiger partial charge < -0.3 is 9.64 Å². The van der Waals surface area contributed by atoms with Crippen molar-refractivity contribution >= 4 is 15.7 Å². The first-order chi connectivity index (χ1) is 15.0. The van der Waals surface area contributed by atoms with E-state index in [1.807, 2.05) is 18.3 Å². The lowest BCUT2D eigenvalue weighted by molar-refractivity contribution is 0.0102. The van der Waals surface area contributed by atoms with Crippen LogP contribution in [0, 0.1) is 0 Å². The highest BCUT2D eigenvalue weighted by Gasteiger charge is 2.34. The lowest BCUT2D eigenvalue weighted by atomic mass is 9.83. The Morgan fingerprint density at radius 2 is 1.84 bits per heavy atom. The Bertz CT molecular complexity index is 916. The number of benzene rings is 1. The smallest absolute Gasteiger partial charge is 0.209 e. The highest BCUT2D eigenvalue weighted by atomic mass is 32.2. The van der Waals surface area contributed by atoms with Gasteiger partial charge in [-0.15, -0.1) is 0 Å². The molecule has 0 spiro atoms. The first-order valence-electron chi connectivity index (χ1n) is 11.3. The van der Waals surface area contributed by atoms with Gasteiger partial charge in [0, 0.05) is 18.8 Å². The van der Waals surface area contributed by atoms with Gasteiger partial charge in [0.05, 0.1) is 36.9 Å². The molecule has 168 valence electrons. The third kappa shape index (κ3) is 6.05. The number of sulfonamides is 1. The fraction of sp³-hybridized carbons (Fsp3) is 0.542. The number of anilines is 1. The minimum Gasteiger partial charge on any atom is -0.376 e. The topological polar surface area (TPSA) is 71.5 Å². The largest absolute Gasteiger partial charge is 0.376 e. The van der Waals surface area contributed by atoms with Crippen LogP contribution in [0.25, 0.3) is 0 Å². The van der Waals surface area contributed by atoms with Crippen LogP contribution in [0.2, 0.25) is 0 Å². The summed E-state index contributed by atoms with van der Waals surface area (Å²) in [7, 11) is -3.29. The fourth-order valence-electron chi connectivity index (χ4n) is 5.04. The van der Waals surface area contributed by atoms with Gasteiger partial charge in [-0.3, -0.25) is 4.98 Å². The Hall–Kier alpha value is -1.96. The molecule has 2 atom stereocenters. The molecule has 2 aliphatic rings. The van der Waals surface area contributed by atoms with Gasteiger partial charge in [-0.2, -0.15) is 0 Å². The van der Waals surface area contributed by atoms with Gasteiger partial charge in [0.25, 0.3) is 0 Å². The standard InChI is InChI=1S/C24H33N3O3S/c1-31(28,29)26-23-10-6-16-27(21-9-5-15-25-17-21)24(23)18-30-22-13-11-20(12-14-22)19-7-3-2-4-8-19/h2-5,7-9,15,17,20,22-24,26H,6,10-14,16,18H2,1H3. The number of hydrogen-bond acceptors (Lipinski definition) is 5. The lowest BCUT2D eigenvalue weighted by Crippen LogP contribution is -2.57. The normalized spacial score (nSPS) is 27.2. The lowest BCUT2D eigenvalue weighted by Gasteiger charge is -2.43. The molecule has 1 aromatic carbocycles. The van der Waals surface area contributed by atoms with E-state index in [0.717, 1.165) is 50.8 Å². The number of aromatic nitrogens is 1. The van der Waals surface area contributed by atoms with Crippen LogP contribution in [0.4, 0.5) is 5.69 Å². The Kier molecular flexibility index (Phi) is 7.25. The average molecular weight is 444 g/mol. The molecule has 0 amide bonds. The summed E-state index contributed by atoms with van der Waals surface area (Å²) >= 11 is 0. The summed E-state index contributed by atoms with van der Waals surface area (Å²) in [6.45, 7) is 1.39. The summed E-state index contributed by atoms with van der Waals surface area (Å²) in [5, 5.41) is 0. The van der Waals surface area contributed by atoms with Crippen molar-refractivity contribution < 1.29 is 13.2 Å². The zero-order valence-corrected chi connectivity index (χ0v) is 19.0. The summed E-state index contributed by atoms with van der Waals surface area (Å²) in [6.07, 6.45) is 11.2. The predicted octanol–water partition coefficient (Wildman–Crippen LogP) is 3.71. The molecule has 1 aliphatic heterocycles. The van der Waals surface area contributed by atoms with Gasteiger partial charge in [-0.05, 0) is 62.1 Å². The SMILES string of the molecule is CS(=O)(=O)NC1CCCN(c2cccnc2)C1COC1CCC(c2ccccc2)CC1. The van der Waals surface area contributed by atoms with Gasteiger partial charge in [-0.1, -0.05) is 30.3 Å². The third-order valence-corrected chi connectivity index (χ3v) is 7.30. The molecule has 1 aromatic heterocycles. The molecule has 1 aliphatic carbocycles. The minimum absolute atomic E-state index is 0.0421. The van der Waals surface area contributed by atoms with Gasteiger partial charge in [0.15, 0.2) is 0 Å². The molecule has 1 saturated carbocycles. The van der Waals surface area contributed by atoms with E-state index >= 15 is 0 Å². The monoisotopic (exact) mass is 443 g/mol. The molecule has 2 heterocycles. The van der Waals surface area contributed by atoms with E-state index in [1.54, 1.807) is 6.20 Å².